The molecule has 0 spiro atoms. The molecular weight excluding hydrogens is 348 g/mol. The standard InChI is InChI=1S/C15H15ClN6O3/c16-15-19-13(18-9-3-5-10(23)6-4-9)12-14(20-15)22(8-17-12)7-1-2-11(24)21-25/h3-6,8,23,25H,1-2,7H2,(H,21,24)(H,18,19,20). The van der Waals surface area contributed by atoms with Gasteiger partial charge in [0.05, 0.1) is 6.33 Å². The summed E-state index contributed by atoms with van der Waals surface area (Å²) in [6.45, 7) is 0.482. The summed E-state index contributed by atoms with van der Waals surface area (Å²) in [5.41, 5.74) is 3.37. The number of benzene rings is 1. The summed E-state index contributed by atoms with van der Waals surface area (Å²) >= 11 is 6.01. The second-order valence-corrected chi connectivity index (χ2v) is 5.60. The van der Waals surface area contributed by atoms with Crippen LogP contribution in [0.2, 0.25) is 5.28 Å². The van der Waals surface area contributed by atoms with Crippen LogP contribution >= 0.6 is 11.6 Å². The summed E-state index contributed by atoms with van der Waals surface area (Å²) in [5, 5.41) is 21.0. The molecule has 1 amide bonds. The van der Waals surface area contributed by atoms with Crippen LogP contribution in [-0.2, 0) is 11.3 Å². The predicted octanol–water partition coefficient (Wildman–Crippen LogP) is 2.21. The minimum Gasteiger partial charge on any atom is -0.508 e. The molecule has 0 aliphatic carbocycles. The molecule has 0 bridgehead atoms. The third kappa shape index (κ3) is 3.95. The molecule has 3 aromatic rings. The van der Waals surface area contributed by atoms with E-state index in [0.717, 1.165) is 0 Å². The zero-order valence-corrected chi connectivity index (χ0v) is 13.7. The van der Waals surface area contributed by atoms with Gasteiger partial charge >= 0.3 is 0 Å². The van der Waals surface area contributed by atoms with Crippen molar-refractivity contribution >= 4 is 40.2 Å². The maximum atomic E-state index is 11.1. The monoisotopic (exact) mass is 362 g/mol. The number of aromatic nitrogens is 4. The molecule has 0 saturated heterocycles. The van der Waals surface area contributed by atoms with Gasteiger partial charge in [-0.2, -0.15) is 9.97 Å². The maximum absolute atomic E-state index is 11.1. The molecule has 2 heterocycles. The summed E-state index contributed by atoms with van der Waals surface area (Å²) in [5.74, 6) is 0.145. The van der Waals surface area contributed by atoms with Crippen LogP contribution < -0.4 is 10.8 Å². The molecule has 0 atom stereocenters. The molecular formula is C15H15ClN6O3. The van der Waals surface area contributed by atoms with E-state index in [1.54, 1.807) is 40.6 Å². The molecule has 9 nitrogen and oxygen atoms in total. The highest BCUT2D eigenvalue weighted by molar-refractivity contribution is 6.28. The number of phenolic OH excluding ortho intramolecular Hbond substituents is 1. The normalized spacial score (nSPS) is 10.8. The van der Waals surface area contributed by atoms with Crippen LogP contribution in [0.4, 0.5) is 11.5 Å². The molecule has 25 heavy (non-hydrogen) atoms. The molecule has 10 heteroatoms. The highest BCUT2D eigenvalue weighted by Crippen LogP contribution is 2.25. The lowest BCUT2D eigenvalue weighted by atomic mass is 10.3. The van der Waals surface area contributed by atoms with Crippen LogP contribution in [0.25, 0.3) is 11.2 Å². The van der Waals surface area contributed by atoms with E-state index in [1.807, 2.05) is 0 Å². The Morgan fingerprint density at radius 1 is 1.24 bits per heavy atom. The second-order valence-electron chi connectivity index (χ2n) is 5.26. The molecule has 130 valence electrons. The fourth-order valence-electron chi connectivity index (χ4n) is 2.32. The Hall–Kier alpha value is -2.91. The third-order valence-corrected chi connectivity index (χ3v) is 3.66. The van der Waals surface area contributed by atoms with Crippen molar-refractivity contribution < 1.29 is 15.1 Å². The molecule has 1 aromatic carbocycles. The summed E-state index contributed by atoms with van der Waals surface area (Å²) in [6.07, 6.45) is 2.27. The maximum Gasteiger partial charge on any atom is 0.243 e. The molecule has 4 N–H and O–H groups in total. The van der Waals surface area contributed by atoms with Crippen LogP contribution in [-0.4, -0.2) is 35.7 Å². The zero-order valence-electron chi connectivity index (χ0n) is 13.0. The quantitative estimate of drug-likeness (QED) is 0.229. The van der Waals surface area contributed by atoms with Crippen LogP contribution in [0.1, 0.15) is 12.8 Å². The number of aryl methyl sites for hydroxylation is 1. The Morgan fingerprint density at radius 3 is 2.72 bits per heavy atom. The van der Waals surface area contributed by atoms with Gasteiger partial charge in [-0.15, -0.1) is 0 Å². The number of carbonyl (C=O) groups is 1. The van der Waals surface area contributed by atoms with Crippen molar-refractivity contribution in [3.63, 3.8) is 0 Å². The van der Waals surface area contributed by atoms with Gasteiger partial charge in [-0.3, -0.25) is 10.0 Å². The lowest BCUT2D eigenvalue weighted by Crippen LogP contribution is -2.18. The summed E-state index contributed by atoms with van der Waals surface area (Å²) in [4.78, 5) is 23.7. The van der Waals surface area contributed by atoms with Crippen molar-refractivity contribution in [1.82, 2.24) is 25.0 Å². The van der Waals surface area contributed by atoms with Gasteiger partial charge in [0, 0.05) is 18.7 Å². The number of carbonyl (C=O) groups excluding carboxylic acids is 1. The van der Waals surface area contributed by atoms with Gasteiger partial charge in [-0.25, -0.2) is 10.5 Å². The minimum absolute atomic E-state index is 0.0589. The third-order valence-electron chi connectivity index (χ3n) is 3.49. The van der Waals surface area contributed by atoms with Gasteiger partial charge in [-0.05, 0) is 42.3 Å². The first-order chi connectivity index (χ1) is 12.1. The van der Waals surface area contributed by atoms with Crippen molar-refractivity contribution in [3.8, 4) is 5.75 Å². The molecule has 0 radical (unpaired) electrons. The number of nitrogens with zero attached hydrogens (tertiary/aromatic N) is 4. The number of hydrogen-bond donors (Lipinski definition) is 4. The van der Waals surface area contributed by atoms with Gasteiger partial charge in [-0.1, -0.05) is 0 Å². The fraction of sp³-hybridized carbons (Fsp3) is 0.200. The highest BCUT2D eigenvalue weighted by Gasteiger charge is 2.13. The molecule has 2 aromatic heterocycles. The number of phenols is 1. The van der Waals surface area contributed by atoms with E-state index in [2.05, 4.69) is 20.3 Å². The minimum atomic E-state index is -0.452. The van der Waals surface area contributed by atoms with Crippen LogP contribution in [0, 0.1) is 0 Å². The Bertz CT molecular complexity index is 896. The van der Waals surface area contributed by atoms with Crippen molar-refractivity contribution in [2.45, 2.75) is 19.4 Å². The topological polar surface area (TPSA) is 125 Å². The number of amides is 1. The first-order valence-electron chi connectivity index (χ1n) is 7.44. The number of nitrogens with one attached hydrogen (secondary N) is 2. The van der Waals surface area contributed by atoms with E-state index in [4.69, 9.17) is 16.8 Å². The number of halogens is 1. The van der Waals surface area contributed by atoms with E-state index < -0.39 is 5.91 Å². The Labute approximate surface area is 147 Å². The molecule has 0 saturated carbocycles. The zero-order chi connectivity index (χ0) is 17.8. The summed E-state index contributed by atoms with van der Waals surface area (Å²) in [6, 6.07) is 6.49. The number of aromatic hydroxyl groups is 1. The van der Waals surface area contributed by atoms with Gasteiger partial charge < -0.3 is 15.0 Å². The molecule has 3 rings (SSSR count). The molecule has 0 fully saturated rings. The van der Waals surface area contributed by atoms with Gasteiger partial charge in [0.25, 0.3) is 0 Å². The number of hydroxylamine groups is 1. The Balaban J connectivity index is 1.85. The van der Waals surface area contributed by atoms with Crippen LogP contribution in [0.15, 0.2) is 30.6 Å². The van der Waals surface area contributed by atoms with Crippen molar-refractivity contribution in [2.24, 2.45) is 0 Å². The van der Waals surface area contributed by atoms with Gasteiger partial charge in [0.15, 0.2) is 17.0 Å². The fourth-order valence-corrected chi connectivity index (χ4v) is 2.48. The van der Waals surface area contributed by atoms with E-state index in [1.165, 1.54) is 0 Å². The number of anilines is 2. The smallest absolute Gasteiger partial charge is 0.243 e. The predicted molar refractivity (Wildman–Crippen MR) is 90.9 cm³/mol. The lowest BCUT2D eigenvalue weighted by Gasteiger charge is -2.08. The summed E-state index contributed by atoms with van der Waals surface area (Å²) < 4.78 is 1.76. The Morgan fingerprint density at radius 2 is 2.00 bits per heavy atom. The molecule has 0 aliphatic rings. The van der Waals surface area contributed by atoms with Gasteiger partial charge in [0.2, 0.25) is 11.2 Å². The Kier molecular flexibility index (Phi) is 4.96. The average molecular weight is 363 g/mol. The number of hydrogen-bond acceptors (Lipinski definition) is 7. The second kappa shape index (κ2) is 7.32. The molecule has 0 unspecified atom stereocenters. The number of fused-ring (bicyclic) bond motifs is 1. The first kappa shape index (κ1) is 16.9. The van der Waals surface area contributed by atoms with Crippen LogP contribution in [0.3, 0.4) is 0 Å². The van der Waals surface area contributed by atoms with E-state index in [-0.39, 0.29) is 17.5 Å². The van der Waals surface area contributed by atoms with E-state index in [0.29, 0.717) is 35.6 Å². The highest BCUT2D eigenvalue weighted by atomic mass is 35.5. The van der Waals surface area contributed by atoms with Crippen LogP contribution in [0.5, 0.6) is 5.75 Å². The number of rotatable bonds is 6. The SMILES string of the molecule is O=C(CCCn1cnc2c(Nc3ccc(O)cc3)nc(Cl)nc21)NO. The summed E-state index contributed by atoms with van der Waals surface area (Å²) in [7, 11) is 0. The van der Waals surface area contributed by atoms with E-state index in [9.17, 15) is 9.90 Å². The lowest BCUT2D eigenvalue weighted by molar-refractivity contribution is -0.129. The van der Waals surface area contributed by atoms with Crippen molar-refractivity contribution in [2.75, 3.05) is 5.32 Å². The largest absolute Gasteiger partial charge is 0.508 e. The molecule has 0 aliphatic heterocycles. The van der Waals surface area contributed by atoms with Crippen molar-refractivity contribution in [3.05, 3.63) is 35.9 Å². The first-order valence-corrected chi connectivity index (χ1v) is 7.82. The van der Waals surface area contributed by atoms with Gasteiger partial charge in [0.1, 0.15) is 5.75 Å². The van der Waals surface area contributed by atoms with E-state index >= 15 is 0 Å². The average Bonchev–Trinajstić information content (AvgIpc) is 3.00. The number of imidazole rings is 1. The van der Waals surface area contributed by atoms with Crippen molar-refractivity contribution in [1.29, 1.82) is 0 Å².